The van der Waals surface area contributed by atoms with E-state index in [9.17, 15) is 0 Å². The molecule has 0 amide bonds. The van der Waals surface area contributed by atoms with Crippen molar-refractivity contribution in [2.75, 3.05) is 0 Å². The SMILES string of the molecule is CC(=O)O.CC(=O)O.c1ccc2[c]([Bi]([c]3cccc4ccccc34)[c]3cccc4ccccc34)cccc2c1. The van der Waals surface area contributed by atoms with E-state index in [0.717, 1.165) is 13.8 Å². The number of fused-ring (bicyclic) bond motifs is 3. The Bertz CT molecular complexity index is 1540. The van der Waals surface area contributed by atoms with Gasteiger partial charge in [0, 0.05) is 13.8 Å². The second-order valence-electron chi connectivity index (χ2n) is 8.87. The molecule has 0 spiro atoms. The van der Waals surface area contributed by atoms with E-state index in [1.807, 2.05) is 0 Å². The van der Waals surface area contributed by atoms with E-state index in [0.29, 0.717) is 0 Å². The second-order valence-corrected chi connectivity index (χ2v) is 17.1. The van der Waals surface area contributed by atoms with Gasteiger partial charge in [0.15, 0.2) is 0 Å². The van der Waals surface area contributed by atoms with Crippen LogP contribution in [-0.2, 0) is 9.59 Å². The van der Waals surface area contributed by atoms with Gasteiger partial charge in [0.1, 0.15) is 0 Å². The van der Waals surface area contributed by atoms with Crippen LogP contribution in [0.1, 0.15) is 13.8 Å². The Kier molecular flexibility index (Phi) is 9.41. The van der Waals surface area contributed by atoms with Crippen molar-refractivity contribution < 1.29 is 19.8 Å². The first-order chi connectivity index (χ1) is 18.9. The monoisotopic (exact) mass is 710 g/mol. The molecule has 5 heteroatoms. The fraction of sp³-hybridized carbons (Fsp3) is 0.0588. The minimum atomic E-state index is -2.65. The first-order valence-electron chi connectivity index (χ1n) is 12.5. The molecule has 194 valence electrons. The number of aliphatic carboxylic acids is 2. The van der Waals surface area contributed by atoms with Gasteiger partial charge < -0.3 is 10.2 Å². The number of hydrogen-bond donors (Lipinski definition) is 2. The number of carboxylic acid groups (broad SMARTS) is 2. The van der Waals surface area contributed by atoms with Crippen LogP contribution in [0.2, 0.25) is 0 Å². The molecule has 0 bridgehead atoms. The summed E-state index contributed by atoms with van der Waals surface area (Å²) >= 11 is -2.65. The molecule has 0 aliphatic carbocycles. The molecule has 39 heavy (non-hydrogen) atoms. The van der Waals surface area contributed by atoms with Crippen LogP contribution >= 0.6 is 0 Å². The van der Waals surface area contributed by atoms with Crippen molar-refractivity contribution in [2.24, 2.45) is 0 Å². The maximum absolute atomic E-state index is 9.00. The Balaban J connectivity index is 0.000000392. The molecule has 0 saturated heterocycles. The Morgan fingerprint density at radius 1 is 0.436 bits per heavy atom. The van der Waals surface area contributed by atoms with Crippen molar-refractivity contribution in [3.63, 3.8) is 0 Å². The van der Waals surface area contributed by atoms with E-state index < -0.39 is 33.7 Å². The summed E-state index contributed by atoms with van der Waals surface area (Å²) in [5, 5.41) is 23.1. The van der Waals surface area contributed by atoms with Gasteiger partial charge in [-0.05, 0) is 0 Å². The van der Waals surface area contributed by atoms with Crippen molar-refractivity contribution >= 4 is 75.8 Å². The number of carboxylic acids is 2. The van der Waals surface area contributed by atoms with Gasteiger partial charge >= 0.3 is 191 Å². The predicted octanol–water partition coefficient (Wildman–Crippen LogP) is 5.84. The van der Waals surface area contributed by atoms with Gasteiger partial charge in [-0.3, -0.25) is 9.59 Å². The zero-order valence-electron chi connectivity index (χ0n) is 21.8. The molecule has 0 aliphatic heterocycles. The van der Waals surface area contributed by atoms with E-state index in [4.69, 9.17) is 19.8 Å². The fourth-order valence-corrected chi connectivity index (χ4v) is 15.6. The van der Waals surface area contributed by atoms with Crippen LogP contribution in [0.25, 0.3) is 32.3 Å². The predicted molar refractivity (Wildman–Crippen MR) is 163 cm³/mol. The first-order valence-corrected chi connectivity index (χ1v) is 17.7. The van der Waals surface area contributed by atoms with Gasteiger partial charge in [0.25, 0.3) is 11.9 Å². The summed E-state index contributed by atoms with van der Waals surface area (Å²) in [6, 6.07) is 47.3. The van der Waals surface area contributed by atoms with Crippen molar-refractivity contribution in [2.45, 2.75) is 13.8 Å². The number of carbonyl (C=O) groups is 2. The third kappa shape index (κ3) is 6.87. The topological polar surface area (TPSA) is 74.6 Å². The maximum atomic E-state index is 9.00. The summed E-state index contributed by atoms with van der Waals surface area (Å²) < 4.78 is 4.67. The Hall–Kier alpha value is -4.08. The average Bonchev–Trinajstić information content (AvgIpc) is 2.93. The van der Waals surface area contributed by atoms with Crippen molar-refractivity contribution in [1.82, 2.24) is 0 Å². The van der Waals surface area contributed by atoms with Crippen LogP contribution in [0.4, 0.5) is 0 Å². The molecular formula is C34H29BiO4. The Morgan fingerprint density at radius 3 is 0.949 bits per heavy atom. The number of hydrogen-bond acceptors (Lipinski definition) is 2. The second kappa shape index (κ2) is 13.1. The van der Waals surface area contributed by atoms with Gasteiger partial charge in [0.2, 0.25) is 0 Å². The summed E-state index contributed by atoms with van der Waals surface area (Å²) in [5.74, 6) is -1.67. The van der Waals surface area contributed by atoms with Gasteiger partial charge in [-0.1, -0.05) is 0 Å². The Labute approximate surface area is 235 Å². The van der Waals surface area contributed by atoms with Crippen molar-refractivity contribution in [3.05, 3.63) is 127 Å². The average molecular weight is 711 g/mol. The minimum absolute atomic E-state index is 0.833. The van der Waals surface area contributed by atoms with Crippen LogP contribution in [-0.4, -0.2) is 43.9 Å². The summed E-state index contributed by atoms with van der Waals surface area (Å²) in [7, 11) is 0. The molecule has 0 radical (unpaired) electrons. The number of rotatable bonds is 3. The van der Waals surface area contributed by atoms with E-state index in [1.54, 1.807) is 9.81 Å². The molecule has 4 nitrogen and oxygen atoms in total. The summed E-state index contributed by atoms with van der Waals surface area (Å²) in [6.45, 7) is 2.17. The molecule has 0 atom stereocenters. The van der Waals surface area contributed by atoms with E-state index in [1.165, 1.54) is 32.3 Å². The molecule has 0 aliphatic rings. The molecule has 0 fully saturated rings. The molecule has 0 aromatic heterocycles. The van der Waals surface area contributed by atoms with Crippen LogP contribution in [0.3, 0.4) is 0 Å². The van der Waals surface area contributed by atoms with Gasteiger partial charge in [-0.2, -0.15) is 0 Å². The third-order valence-electron chi connectivity index (χ3n) is 6.02. The number of benzene rings is 6. The molecule has 6 rings (SSSR count). The molecule has 0 heterocycles. The molecule has 2 N–H and O–H groups in total. The fourth-order valence-electron chi connectivity index (χ4n) is 4.60. The zero-order valence-corrected chi connectivity index (χ0v) is 25.3. The zero-order chi connectivity index (χ0) is 27.8. The Morgan fingerprint density at radius 2 is 0.667 bits per heavy atom. The van der Waals surface area contributed by atoms with Gasteiger partial charge in [-0.25, -0.2) is 0 Å². The van der Waals surface area contributed by atoms with Crippen LogP contribution in [0, 0.1) is 0 Å². The molecular weight excluding hydrogens is 681 g/mol. The van der Waals surface area contributed by atoms with Gasteiger partial charge in [-0.15, -0.1) is 0 Å². The summed E-state index contributed by atoms with van der Waals surface area (Å²) in [6.07, 6.45) is 0. The molecule has 0 saturated carbocycles. The first kappa shape index (κ1) is 27.9. The van der Waals surface area contributed by atoms with Crippen LogP contribution in [0.5, 0.6) is 0 Å². The standard InChI is InChI=1S/3C10H7.2C2H4O2.Bi/c3*1-2-6-10-8-4-3-7-9(10)5-1;2*1-2(3)4;/h3*1-7H;2*1H3,(H,3,4);. The van der Waals surface area contributed by atoms with E-state index >= 15 is 0 Å². The normalized spacial score (nSPS) is 10.4. The van der Waals surface area contributed by atoms with Crippen LogP contribution in [0.15, 0.2) is 127 Å². The molecule has 6 aromatic carbocycles. The summed E-state index contributed by atoms with van der Waals surface area (Å²) in [5.41, 5.74) is 0. The van der Waals surface area contributed by atoms with Gasteiger partial charge in [0.05, 0.1) is 0 Å². The summed E-state index contributed by atoms with van der Waals surface area (Å²) in [4.78, 5) is 18.0. The van der Waals surface area contributed by atoms with Crippen molar-refractivity contribution in [3.8, 4) is 0 Å². The van der Waals surface area contributed by atoms with E-state index in [-0.39, 0.29) is 0 Å². The quantitative estimate of drug-likeness (QED) is 0.227. The molecule has 0 unspecified atom stereocenters. The van der Waals surface area contributed by atoms with Crippen LogP contribution < -0.4 is 9.81 Å². The molecule has 6 aromatic rings. The third-order valence-corrected chi connectivity index (χ3v) is 16.2. The van der Waals surface area contributed by atoms with Crippen molar-refractivity contribution in [1.29, 1.82) is 0 Å². The van der Waals surface area contributed by atoms with E-state index in [2.05, 4.69) is 127 Å².